The number of nitrogens with one attached hydrogen (secondary N) is 1. The summed E-state index contributed by atoms with van der Waals surface area (Å²) in [5.74, 6) is 0.266. The van der Waals surface area contributed by atoms with Crippen LogP contribution in [0.1, 0.15) is 52.7 Å². The molecule has 162 valence electrons. The number of benzene rings is 2. The van der Waals surface area contributed by atoms with Gasteiger partial charge in [-0.1, -0.05) is 72.2 Å². The zero-order valence-corrected chi connectivity index (χ0v) is 18.1. The molecule has 0 aliphatic heterocycles. The molecule has 1 N–H and O–H groups in total. The van der Waals surface area contributed by atoms with Crippen molar-refractivity contribution in [3.8, 4) is 0 Å². The first-order valence-electron chi connectivity index (χ1n) is 10.7. The fourth-order valence-electron chi connectivity index (χ4n) is 3.28. The number of aromatic nitrogens is 1. The molecule has 0 saturated heterocycles. The number of hydrogen-bond acceptors (Lipinski definition) is 4. The summed E-state index contributed by atoms with van der Waals surface area (Å²) in [7, 11) is 0. The van der Waals surface area contributed by atoms with E-state index in [0.717, 1.165) is 17.5 Å². The van der Waals surface area contributed by atoms with E-state index in [9.17, 15) is 9.59 Å². The summed E-state index contributed by atoms with van der Waals surface area (Å²) in [5.41, 5.74) is 3.54. The smallest absolute Gasteiger partial charge is 0.273 e. The average molecular weight is 420 g/mol. The minimum absolute atomic E-state index is 0.0625. The Balaban J connectivity index is 1.54. The van der Waals surface area contributed by atoms with E-state index < -0.39 is 0 Å². The molecular weight excluding hydrogens is 390 g/mol. The standard InChI is InChI=1S/C25H29N3O3/c1-3-15-28(24(29)14-13-20-7-5-4-6-8-20)18-22-16-23(27-31-22)25(30)26-17-21-11-9-19(2)10-12-21/h4-12,16H,3,13-15,17-18H2,1-2H3,(H,26,30). The molecule has 0 unspecified atom stereocenters. The van der Waals surface area contributed by atoms with Crippen molar-refractivity contribution in [2.75, 3.05) is 6.54 Å². The first-order valence-corrected chi connectivity index (χ1v) is 10.7. The van der Waals surface area contributed by atoms with Gasteiger partial charge in [0, 0.05) is 25.6 Å². The zero-order chi connectivity index (χ0) is 22.1. The van der Waals surface area contributed by atoms with Crippen molar-refractivity contribution >= 4 is 11.8 Å². The highest BCUT2D eigenvalue weighted by atomic mass is 16.5. The Morgan fingerprint density at radius 2 is 1.77 bits per heavy atom. The number of nitrogens with zero attached hydrogens (tertiary/aromatic N) is 2. The van der Waals surface area contributed by atoms with Crippen LogP contribution in [-0.4, -0.2) is 28.4 Å². The fraction of sp³-hybridized carbons (Fsp3) is 0.320. The summed E-state index contributed by atoms with van der Waals surface area (Å²) in [4.78, 5) is 26.9. The Morgan fingerprint density at radius 1 is 1.03 bits per heavy atom. The molecule has 6 heteroatoms. The van der Waals surface area contributed by atoms with Crippen molar-refractivity contribution in [3.63, 3.8) is 0 Å². The monoisotopic (exact) mass is 419 g/mol. The third-order valence-corrected chi connectivity index (χ3v) is 5.03. The molecule has 0 fully saturated rings. The Hall–Kier alpha value is -3.41. The molecule has 0 radical (unpaired) electrons. The predicted octanol–water partition coefficient (Wildman–Crippen LogP) is 4.28. The summed E-state index contributed by atoms with van der Waals surface area (Å²) in [6.45, 7) is 5.40. The molecule has 3 rings (SSSR count). The quantitative estimate of drug-likeness (QED) is 0.532. The van der Waals surface area contributed by atoms with Gasteiger partial charge in [-0.25, -0.2) is 0 Å². The van der Waals surface area contributed by atoms with E-state index in [-0.39, 0.29) is 17.5 Å². The Bertz CT molecular complexity index is 981. The van der Waals surface area contributed by atoms with Gasteiger partial charge in [0.1, 0.15) is 0 Å². The normalized spacial score (nSPS) is 10.6. The highest BCUT2D eigenvalue weighted by Gasteiger charge is 2.18. The molecule has 1 heterocycles. The largest absolute Gasteiger partial charge is 0.359 e. The second kappa shape index (κ2) is 11.1. The van der Waals surface area contributed by atoms with E-state index in [4.69, 9.17) is 4.52 Å². The lowest BCUT2D eigenvalue weighted by Gasteiger charge is -2.20. The third-order valence-electron chi connectivity index (χ3n) is 5.03. The van der Waals surface area contributed by atoms with Crippen molar-refractivity contribution in [3.05, 3.63) is 88.8 Å². The molecule has 2 amide bonds. The van der Waals surface area contributed by atoms with Crippen LogP contribution in [0.25, 0.3) is 0 Å². The van der Waals surface area contributed by atoms with Gasteiger partial charge in [0.05, 0.1) is 6.54 Å². The molecule has 6 nitrogen and oxygen atoms in total. The number of rotatable bonds is 10. The van der Waals surface area contributed by atoms with Crippen LogP contribution in [-0.2, 0) is 24.3 Å². The van der Waals surface area contributed by atoms with Crippen LogP contribution in [0, 0.1) is 6.92 Å². The molecule has 2 aromatic carbocycles. The summed E-state index contributed by atoms with van der Waals surface area (Å²) >= 11 is 0. The highest BCUT2D eigenvalue weighted by Crippen LogP contribution is 2.12. The maximum atomic E-state index is 12.7. The van der Waals surface area contributed by atoms with Crippen molar-refractivity contribution in [2.24, 2.45) is 0 Å². The van der Waals surface area contributed by atoms with Gasteiger partial charge in [-0.3, -0.25) is 9.59 Å². The lowest BCUT2D eigenvalue weighted by atomic mass is 10.1. The Kier molecular flexibility index (Phi) is 7.98. The van der Waals surface area contributed by atoms with Crippen molar-refractivity contribution in [2.45, 2.75) is 46.2 Å². The summed E-state index contributed by atoms with van der Waals surface area (Å²) in [6.07, 6.45) is 1.97. The van der Waals surface area contributed by atoms with Gasteiger partial charge in [0.25, 0.3) is 5.91 Å². The maximum absolute atomic E-state index is 12.7. The summed E-state index contributed by atoms with van der Waals surface area (Å²) in [5, 5.41) is 6.73. The van der Waals surface area contributed by atoms with Crippen LogP contribution in [0.4, 0.5) is 0 Å². The van der Waals surface area contributed by atoms with Crippen LogP contribution in [0.3, 0.4) is 0 Å². The van der Waals surface area contributed by atoms with Crippen LogP contribution in [0.2, 0.25) is 0 Å². The number of amides is 2. The van der Waals surface area contributed by atoms with Crippen molar-refractivity contribution in [1.29, 1.82) is 0 Å². The number of aryl methyl sites for hydroxylation is 2. The van der Waals surface area contributed by atoms with Crippen molar-refractivity contribution in [1.82, 2.24) is 15.4 Å². The van der Waals surface area contributed by atoms with Crippen LogP contribution >= 0.6 is 0 Å². The summed E-state index contributed by atoms with van der Waals surface area (Å²) in [6, 6.07) is 19.5. The molecule has 0 saturated carbocycles. The van der Waals surface area contributed by atoms with Gasteiger partial charge in [0.2, 0.25) is 5.91 Å². The SMILES string of the molecule is CCCN(Cc1cc(C(=O)NCc2ccc(C)cc2)no1)C(=O)CCc1ccccc1. The van der Waals surface area contributed by atoms with Gasteiger partial charge in [-0.05, 0) is 30.9 Å². The second-order valence-electron chi connectivity index (χ2n) is 7.65. The predicted molar refractivity (Wildman–Crippen MR) is 119 cm³/mol. The Labute approximate surface area is 183 Å². The van der Waals surface area contributed by atoms with Gasteiger partial charge >= 0.3 is 0 Å². The second-order valence-corrected chi connectivity index (χ2v) is 7.65. The zero-order valence-electron chi connectivity index (χ0n) is 18.1. The van der Waals surface area contributed by atoms with E-state index in [0.29, 0.717) is 38.2 Å². The maximum Gasteiger partial charge on any atom is 0.273 e. The van der Waals surface area contributed by atoms with E-state index in [1.807, 2.05) is 68.4 Å². The van der Waals surface area contributed by atoms with E-state index in [1.165, 1.54) is 5.56 Å². The lowest BCUT2D eigenvalue weighted by molar-refractivity contribution is -0.132. The van der Waals surface area contributed by atoms with E-state index >= 15 is 0 Å². The molecule has 0 aliphatic carbocycles. The first kappa shape index (κ1) is 22.3. The minimum Gasteiger partial charge on any atom is -0.359 e. The lowest BCUT2D eigenvalue weighted by Crippen LogP contribution is -2.31. The molecule has 0 bridgehead atoms. The van der Waals surface area contributed by atoms with Crippen molar-refractivity contribution < 1.29 is 14.1 Å². The fourth-order valence-corrected chi connectivity index (χ4v) is 3.28. The summed E-state index contributed by atoms with van der Waals surface area (Å²) < 4.78 is 5.34. The number of carbonyl (C=O) groups excluding carboxylic acids is 2. The van der Waals surface area contributed by atoms with E-state index in [2.05, 4.69) is 10.5 Å². The average Bonchev–Trinajstić information content (AvgIpc) is 3.26. The number of hydrogen-bond donors (Lipinski definition) is 1. The topological polar surface area (TPSA) is 75.4 Å². The van der Waals surface area contributed by atoms with E-state index in [1.54, 1.807) is 11.0 Å². The van der Waals surface area contributed by atoms with Gasteiger partial charge in [-0.2, -0.15) is 0 Å². The van der Waals surface area contributed by atoms with Crippen LogP contribution < -0.4 is 5.32 Å². The third kappa shape index (κ3) is 6.81. The first-order chi connectivity index (χ1) is 15.0. The number of carbonyl (C=O) groups is 2. The highest BCUT2D eigenvalue weighted by molar-refractivity contribution is 5.92. The molecule has 0 atom stereocenters. The molecule has 0 aliphatic rings. The van der Waals surface area contributed by atoms with Gasteiger partial charge in [-0.15, -0.1) is 0 Å². The molecule has 3 aromatic rings. The van der Waals surface area contributed by atoms with Gasteiger partial charge < -0.3 is 14.7 Å². The molecule has 0 spiro atoms. The Morgan fingerprint density at radius 3 is 2.48 bits per heavy atom. The minimum atomic E-state index is -0.298. The molecule has 1 aromatic heterocycles. The van der Waals surface area contributed by atoms with Crippen LogP contribution in [0.5, 0.6) is 0 Å². The van der Waals surface area contributed by atoms with Crippen LogP contribution in [0.15, 0.2) is 65.2 Å². The van der Waals surface area contributed by atoms with Gasteiger partial charge in [0.15, 0.2) is 11.5 Å². The molecule has 31 heavy (non-hydrogen) atoms. The molecular formula is C25H29N3O3.